The van der Waals surface area contributed by atoms with Crippen LogP contribution in [0.1, 0.15) is 12.8 Å². The smallest absolute Gasteiger partial charge is 0.243 e. The summed E-state index contributed by atoms with van der Waals surface area (Å²) in [5.41, 5.74) is 6.08. The topological polar surface area (TPSA) is 90.0 Å². The number of hydrogen-bond donors (Lipinski definition) is 2. The van der Waals surface area contributed by atoms with Crippen LogP contribution in [0.4, 0.5) is 4.39 Å². The summed E-state index contributed by atoms with van der Waals surface area (Å²) in [6, 6.07) is 5.85. The Kier molecular flexibility index (Phi) is 3.98. The van der Waals surface area contributed by atoms with Crippen molar-refractivity contribution in [2.24, 2.45) is 11.7 Å². The molecule has 22 heavy (non-hydrogen) atoms. The van der Waals surface area contributed by atoms with Gasteiger partial charge in [-0.25, -0.2) is 22.2 Å². The molecule has 0 aliphatic heterocycles. The number of para-hydroxylation sites is 1. The van der Waals surface area contributed by atoms with Crippen molar-refractivity contribution in [2.45, 2.75) is 23.8 Å². The van der Waals surface area contributed by atoms with Crippen molar-refractivity contribution in [3.05, 3.63) is 42.5 Å². The molecule has 0 bridgehead atoms. The lowest BCUT2D eigenvalue weighted by Gasteiger charge is -2.10. The first-order valence-corrected chi connectivity index (χ1v) is 8.50. The van der Waals surface area contributed by atoms with E-state index in [0.717, 1.165) is 12.8 Å². The largest absolute Gasteiger partial charge is 0.326 e. The van der Waals surface area contributed by atoms with E-state index >= 15 is 0 Å². The second kappa shape index (κ2) is 5.79. The second-order valence-electron chi connectivity index (χ2n) is 5.43. The maximum absolute atomic E-state index is 13.7. The van der Waals surface area contributed by atoms with Crippen molar-refractivity contribution in [1.82, 2.24) is 14.5 Å². The lowest BCUT2D eigenvalue weighted by Crippen LogP contribution is -2.38. The van der Waals surface area contributed by atoms with E-state index in [1.165, 1.54) is 29.2 Å². The molecular weight excluding hydrogens is 307 g/mol. The highest BCUT2D eigenvalue weighted by molar-refractivity contribution is 7.89. The number of nitrogens with one attached hydrogen (secondary N) is 1. The number of halogens is 1. The Bertz CT molecular complexity index is 771. The normalized spacial score (nSPS) is 16.6. The first kappa shape index (κ1) is 15.1. The zero-order chi connectivity index (χ0) is 15.7. The van der Waals surface area contributed by atoms with E-state index in [1.807, 2.05) is 0 Å². The number of nitrogens with two attached hydrogens (primary N) is 1. The van der Waals surface area contributed by atoms with E-state index in [2.05, 4.69) is 9.82 Å². The Labute approximate surface area is 128 Å². The SMILES string of the molecule is NC(CNS(=O)(=O)c1cnn(-c2ccccc2F)c1)C1CC1. The van der Waals surface area contributed by atoms with Crippen LogP contribution in [0, 0.1) is 11.7 Å². The van der Waals surface area contributed by atoms with Crippen LogP contribution in [0.5, 0.6) is 0 Å². The van der Waals surface area contributed by atoms with Gasteiger partial charge in [-0.15, -0.1) is 0 Å². The van der Waals surface area contributed by atoms with Gasteiger partial charge in [0, 0.05) is 12.6 Å². The molecule has 8 heteroatoms. The van der Waals surface area contributed by atoms with Gasteiger partial charge in [-0.05, 0) is 30.9 Å². The highest BCUT2D eigenvalue weighted by atomic mass is 32.2. The summed E-state index contributed by atoms with van der Waals surface area (Å²) in [6.07, 6.45) is 4.57. The molecule has 0 radical (unpaired) electrons. The molecule has 3 N–H and O–H groups in total. The highest BCUT2D eigenvalue weighted by Gasteiger charge is 2.29. The molecule has 1 saturated carbocycles. The number of nitrogens with zero attached hydrogens (tertiary/aromatic N) is 2. The van der Waals surface area contributed by atoms with Crippen LogP contribution in [-0.4, -0.2) is 30.8 Å². The summed E-state index contributed by atoms with van der Waals surface area (Å²) in [5.74, 6) is -0.0675. The summed E-state index contributed by atoms with van der Waals surface area (Å²) in [7, 11) is -3.70. The van der Waals surface area contributed by atoms with Gasteiger partial charge in [0.15, 0.2) is 0 Å². The standard InChI is InChI=1S/C14H17FN4O2S/c15-12-3-1-2-4-14(12)19-9-11(7-17-19)22(20,21)18-8-13(16)10-5-6-10/h1-4,7,9-10,13,18H,5-6,8,16H2. The Morgan fingerprint density at radius 1 is 1.41 bits per heavy atom. The molecular formula is C14H17FN4O2S. The molecule has 3 rings (SSSR count). The monoisotopic (exact) mass is 324 g/mol. The Morgan fingerprint density at radius 3 is 2.82 bits per heavy atom. The van der Waals surface area contributed by atoms with Gasteiger partial charge < -0.3 is 5.73 Å². The molecule has 1 aliphatic rings. The molecule has 0 amide bonds. The van der Waals surface area contributed by atoms with Gasteiger partial charge in [-0.2, -0.15) is 5.10 Å². The van der Waals surface area contributed by atoms with Gasteiger partial charge in [-0.1, -0.05) is 12.1 Å². The minimum absolute atomic E-state index is 0.0150. The first-order valence-electron chi connectivity index (χ1n) is 7.02. The quantitative estimate of drug-likeness (QED) is 0.830. The molecule has 0 saturated heterocycles. The molecule has 1 heterocycles. The number of aromatic nitrogens is 2. The molecule has 1 aliphatic carbocycles. The Hall–Kier alpha value is -1.77. The lowest BCUT2D eigenvalue weighted by atomic mass is 10.2. The third-order valence-corrected chi connectivity index (χ3v) is 5.08. The van der Waals surface area contributed by atoms with Crippen molar-refractivity contribution in [1.29, 1.82) is 0 Å². The third-order valence-electron chi connectivity index (χ3n) is 3.71. The first-order chi connectivity index (χ1) is 10.5. The van der Waals surface area contributed by atoms with Crippen molar-refractivity contribution < 1.29 is 12.8 Å². The Balaban J connectivity index is 1.76. The van der Waals surface area contributed by atoms with Gasteiger partial charge in [-0.3, -0.25) is 0 Å². The average molecular weight is 324 g/mol. The van der Waals surface area contributed by atoms with Gasteiger partial charge >= 0.3 is 0 Å². The van der Waals surface area contributed by atoms with Crippen LogP contribution in [0.3, 0.4) is 0 Å². The fourth-order valence-electron chi connectivity index (χ4n) is 2.19. The lowest BCUT2D eigenvalue weighted by molar-refractivity contribution is 0.547. The molecule has 1 aromatic carbocycles. The zero-order valence-corrected chi connectivity index (χ0v) is 12.6. The van der Waals surface area contributed by atoms with Crippen LogP contribution >= 0.6 is 0 Å². The maximum atomic E-state index is 13.7. The average Bonchev–Trinajstić information content (AvgIpc) is 3.22. The summed E-state index contributed by atoms with van der Waals surface area (Å²) in [6.45, 7) is 0.192. The maximum Gasteiger partial charge on any atom is 0.243 e. The molecule has 6 nitrogen and oxygen atoms in total. The van der Waals surface area contributed by atoms with E-state index < -0.39 is 15.8 Å². The molecule has 0 spiro atoms. The highest BCUT2D eigenvalue weighted by Crippen LogP contribution is 2.31. The van der Waals surface area contributed by atoms with Crippen molar-refractivity contribution in [3.8, 4) is 5.69 Å². The summed E-state index contributed by atoms with van der Waals surface area (Å²) in [5, 5.41) is 3.91. The van der Waals surface area contributed by atoms with Crippen LogP contribution in [-0.2, 0) is 10.0 Å². The fourth-order valence-corrected chi connectivity index (χ4v) is 3.20. The third kappa shape index (κ3) is 3.18. The van der Waals surface area contributed by atoms with Gasteiger partial charge in [0.2, 0.25) is 10.0 Å². The minimum Gasteiger partial charge on any atom is -0.326 e. The molecule has 1 atom stereocenters. The van der Waals surface area contributed by atoms with E-state index in [1.54, 1.807) is 12.1 Å². The van der Waals surface area contributed by atoms with E-state index in [-0.39, 0.29) is 23.2 Å². The van der Waals surface area contributed by atoms with Gasteiger partial charge in [0.05, 0.1) is 12.4 Å². The molecule has 1 aromatic heterocycles. The summed E-state index contributed by atoms with van der Waals surface area (Å²) >= 11 is 0. The number of benzene rings is 1. The number of sulfonamides is 1. The predicted octanol–water partition coefficient (Wildman–Crippen LogP) is 1.03. The van der Waals surface area contributed by atoms with Gasteiger partial charge in [0.25, 0.3) is 0 Å². The summed E-state index contributed by atoms with van der Waals surface area (Å²) in [4.78, 5) is -0.0150. The van der Waals surface area contributed by atoms with Crippen LogP contribution < -0.4 is 10.5 Å². The minimum atomic E-state index is -3.70. The number of hydrogen-bond acceptors (Lipinski definition) is 4. The summed E-state index contributed by atoms with van der Waals surface area (Å²) < 4.78 is 41.8. The van der Waals surface area contributed by atoms with Crippen molar-refractivity contribution in [3.63, 3.8) is 0 Å². The van der Waals surface area contributed by atoms with E-state index in [9.17, 15) is 12.8 Å². The molecule has 2 aromatic rings. The number of rotatable bonds is 6. The fraction of sp³-hybridized carbons (Fsp3) is 0.357. The van der Waals surface area contributed by atoms with Gasteiger partial charge in [0.1, 0.15) is 16.4 Å². The van der Waals surface area contributed by atoms with Crippen molar-refractivity contribution in [2.75, 3.05) is 6.54 Å². The van der Waals surface area contributed by atoms with Crippen molar-refractivity contribution >= 4 is 10.0 Å². The zero-order valence-electron chi connectivity index (χ0n) is 11.8. The van der Waals surface area contributed by atoms with Crippen LogP contribution in [0.25, 0.3) is 5.69 Å². The Morgan fingerprint density at radius 2 is 2.14 bits per heavy atom. The van der Waals surface area contributed by atoms with Crippen LogP contribution in [0.2, 0.25) is 0 Å². The molecule has 118 valence electrons. The molecule has 1 fully saturated rings. The van der Waals surface area contributed by atoms with Crippen LogP contribution in [0.15, 0.2) is 41.6 Å². The predicted molar refractivity (Wildman–Crippen MR) is 79.4 cm³/mol. The molecule has 1 unspecified atom stereocenters. The van der Waals surface area contributed by atoms with E-state index in [4.69, 9.17) is 5.73 Å². The second-order valence-corrected chi connectivity index (χ2v) is 7.19. The van der Waals surface area contributed by atoms with E-state index in [0.29, 0.717) is 5.92 Å².